The maximum absolute atomic E-state index is 11.0. The number of rotatable bonds is 3. The van der Waals surface area contributed by atoms with Gasteiger partial charge in [-0.3, -0.25) is 4.18 Å². The van der Waals surface area contributed by atoms with Crippen LogP contribution < -0.4 is 0 Å². The lowest BCUT2D eigenvalue weighted by Gasteiger charge is -2.32. The molecule has 0 bridgehead atoms. The molecule has 0 N–H and O–H groups in total. The van der Waals surface area contributed by atoms with E-state index >= 15 is 0 Å². The Bertz CT molecular complexity index is 247. The largest absolute Gasteiger partial charge is 0.266 e. The Morgan fingerprint density at radius 3 is 1.62 bits per heavy atom. The summed E-state index contributed by atoms with van der Waals surface area (Å²) in [6, 6.07) is 0. The van der Waals surface area contributed by atoms with Crippen LogP contribution in [0.1, 0.15) is 34.6 Å². The molecule has 0 aliphatic carbocycles. The fourth-order valence-corrected chi connectivity index (χ4v) is 2.33. The van der Waals surface area contributed by atoms with Gasteiger partial charge < -0.3 is 0 Å². The van der Waals surface area contributed by atoms with Crippen molar-refractivity contribution < 1.29 is 12.6 Å². The SMILES string of the molecule is CC(C)C(OS(C)(=O)=O)C(C)(C)C. The van der Waals surface area contributed by atoms with Crippen molar-refractivity contribution in [1.82, 2.24) is 0 Å². The molecule has 0 spiro atoms. The van der Waals surface area contributed by atoms with Crippen molar-refractivity contribution in [2.45, 2.75) is 40.7 Å². The van der Waals surface area contributed by atoms with E-state index in [0.717, 1.165) is 6.26 Å². The average Bonchev–Trinajstić information content (AvgIpc) is 1.77. The van der Waals surface area contributed by atoms with Crippen LogP contribution in [0.2, 0.25) is 0 Å². The maximum atomic E-state index is 11.0. The van der Waals surface area contributed by atoms with Crippen LogP contribution in [-0.2, 0) is 14.3 Å². The van der Waals surface area contributed by atoms with E-state index in [2.05, 4.69) is 0 Å². The van der Waals surface area contributed by atoms with Crippen molar-refractivity contribution in [2.75, 3.05) is 6.26 Å². The Morgan fingerprint density at radius 2 is 1.54 bits per heavy atom. The van der Waals surface area contributed by atoms with Gasteiger partial charge in [0, 0.05) is 0 Å². The average molecular weight is 208 g/mol. The van der Waals surface area contributed by atoms with Crippen molar-refractivity contribution in [3.63, 3.8) is 0 Å². The highest BCUT2D eigenvalue weighted by Crippen LogP contribution is 2.29. The molecule has 0 heterocycles. The monoisotopic (exact) mass is 208 g/mol. The lowest BCUT2D eigenvalue weighted by molar-refractivity contribution is 0.0540. The molecular weight excluding hydrogens is 188 g/mol. The van der Waals surface area contributed by atoms with Crippen molar-refractivity contribution >= 4 is 10.1 Å². The highest BCUT2D eigenvalue weighted by Gasteiger charge is 2.31. The molecule has 0 aliphatic heterocycles. The first-order chi connectivity index (χ1) is 5.54. The van der Waals surface area contributed by atoms with E-state index in [4.69, 9.17) is 4.18 Å². The van der Waals surface area contributed by atoms with Crippen LogP contribution in [0.25, 0.3) is 0 Å². The van der Waals surface area contributed by atoms with E-state index in [-0.39, 0.29) is 17.4 Å². The highest BCUT2D eigenvalue weighted by atomic mass is 32.2. The molecule has 0 saturated carbocycles. The smallest absolute Gasteiger partial charge is 0.264 e. The van der Waals surface area contributed by atoms with Crippen LogP contribution in [0, 0.1) is 11.3 Å². The molecule has 0 aromatic carbocycles. The summed E-state index contributed by atoms with van der Waals surface area (Å²) in [5, 5.41) is 0. The van der Waals surface area contributed by atoms with Gasteiger partial charge in [-0.25, -0.2) is 0 Å². The van der Waals surface area contributed by atoms with Crippen LogP contribution in [0.3, 0.4) is 0 Å². The minimum Gasteiger partial charge on any atom is -0.266 e. The first-order valence-electron chi connectivity index (χ1n) is 4.42. The minimum atomic E-state index is -3.35. The lowest BCUT2D eigenvalue weighted by Crippen LogP contribution is -2.35. The molecule has 1 atom stereocenters. The molecule has 0 saturated heterocycles. The fraction of sp³-hybridized carbons (Fsp3) is 1.00. The van der Waals surface area contributed by atoms with E-state index in [1.807, 2.05) is 34.6 Å². The standard InChI is InChI=1S/C9H20O3S/c1-7(2)8(9(3,4)5)12-13(6,10)11/h7-8H,1-6H3. The third-order valence-electron chi connectivity index (χ3n) is 1.74. The molecule has 0 rings (SSSR count). The molecule has 0 aromatic rings. The highest BCUT2D eigenvalue weighted by molar-refractivity contribution is 7.86. The van der Waals surface area contributed by atoms with E-state index in [1.165, 1.54) is 0 Å². The van der Waals surface area contributed by atoms with Crippen LogP contribution in [0.5, 0.6) is 0 Å². The molecular formula is C9H20O3S. The van der Waals surface area contributed by atoms with Crippen molar-refractivity contribution in [3.05, 3.63) is 0 Å². The van der Waals surface area contributed by atoms with E-state index < -0.39 is 10.1 Å². The van der Waals surface area contributed by atoms with Gasteiger partial charge in [-0.15, -0.1) is 0 Å². The van der Waals surface area contributed by atoms with E-state index in [1.54, 1.807) is 0 Å². The predicted octanol–water partition coefficient (Wildman–Crippen LogP) is 2.03. The molecule has 0 aromatic heterocycles. The Balaban J connectivity index is 4.66. The van der Waals surface area contributed by atoms with Crippen LogP contribution in [0.15, 0.2) is 0 Å². The van der Waals surface area contributed by atoms with Crippen LogP contribution >= 0.6 is 0 Å². The molecule has 0 aliphatic rings. The summed E-state index contributed by atoms with van der Waals surface area (Å²) >= 11 is 0. The first-order valence-corrected chi connectivity index (χ1v) is 6.24. The van der Waals surface area contributed by atoms with E-state index in [9.17, 15) is 8.42 Å². The zero-order valence-electron chi connectivity index (χ0n) is 9.29. The summed E-state index contributed by atoms with van der Waals surface area (Å²) in [5.41, 5.74) is -0.156. The Kier molecular flexibility index (Phi) is 3.94. The summed E-state index contributed by atoms with van der Waals surface area (Å²) in [4.78, 5) is 0. The molecule has 80 valence electrons. The number of hydrogen-bond donors (Lipinski definition) is 0. The zero-order valence-corrected chi connectivity index (χ0v) is 10.1. The molecule has 13 heavy (non-hydrogen) atoms. The fourth-order valence-electron chi connectivity index (χ4n) is 1.44. The molecule has 0 amide bonds. The summed E-state index contributed by atoms with van der Waals surface area (Å²) in [5.74, 6) is 0.190. The van der Waals surface area contributed by atoms with Crippen molar-refractivity contribution in [1.29, 1.82) is 0 Å². The van der Waals surface area contributed by atoms with Crippen LogP contribution in [0.4, 0.5) is 0 Å². The predicted molar refractivity (Wildman–Crippen MR) is 54.0 cm³/mol. The maximum Gasteiger partial charge on any atom is 0.264 e. The van der Waals surface area contributed by atoms with Gasteiger partial charge in [0.05, 0.1) is 12.4 Å². The van der Waals surface area contributed by atoms with Gasteiger partial charge in [0.1, 0.15) is 0 Å². The van der Waals surface area contributed by atoms with E-state index in [0.29, 0.717) is 0 Å². The molecule has 3 nitrogen and oxygen atoms in total. The third kappa shape index (κ3) is 5.26. The minimum absolute atomic E-state index is 0.156. The molecule has 4 heteroatoms. The Hall–Kier alpha value is -0.0900. The second-order valence-electron chi connectivity index (χ2n) is 4.83. The molecule has 0 fully saturated rings. The second-order valence-corrected chi connectivity index (χ2v) is 6.43. The summed E-state index contributed by atoms with van der Waals surface area (Å²) < 4.78 is 27.0. The van der Waals surface area contributed by atoms with Gasteiger partial charge in [0.25, 0.3) is 10.1 Å². The van der Waals surface area contributed by atoms with Gasteiger partial charge in [-0.1, -0.05) is 34.6 Å². The topological polar surface area (TPSA) is 43.4 Å². The van der Waals surface area contributed by atoms with Gasteiger partial charge >= 0.3 is 0 Å². The molecule has 0 radical (unpaired) electrons. The van der Waals surface area contributed by atoms with Gasteiger partial charge in [0.2, 0.25) is 0 Å². The summed E-state index contributed by atoms with van der Waals surface area (Å²) in [7, 11) is -3.35. The van der Waals surface area contributed by atoms with Gasteiger partial charge in [-0.05, 0) is 11.3 Å². The molecule has 1 unspecified atom stereocenters. The van der Waals surface area contributed by atoms with Crippen LogP contribution in [-0.4, -0.2) is 20.8 Å². The van der Waals surface area contributed by atoms with Crippen molar-refractivity contribution in [3.8, 4) is 0 Å². The Morgan fingerprint density at radius 1 is 1.15 bits per heavy atom. The Labute approximate surface area is 81.6 Å². The quantitative estimate of drug-likeness (QED) is 0.667. The number of hydrogen-bond acceptors (Lipinski definition) is 3. The summed E-state index contributed by atoms with van der Waals surface area (Å²) in [6.07, 6.45) is 0.830. The van der Waals surface area contributed by atoms with Gasteiger partial charge in [-0.2, -0.15) is 8.42 Å². The summed E-state index contributed by atoms with van der Waals surface area (Å²) in [6.45, 7) is 9.84. The normalized spacial score (nSPS) is 16.2. The zero-order chi connectivity index (χ0) is 10.9. The van der Waals surface area contributed by atoms with Gasteiger partial charge in [0.15, 0.2) is 0 Å². The van der Waals surface area contributed by atoms with Crippen molar-refractivity contribution in [2.24, 2.45) is 11.3 Å². The second kappa shape index (κ2) is 3.96. The third-order valence-corrected chi connectivity index (χ3v) is 2.29. The first kappa shape index (κ1) is 12.9. The lowest BCUT2D eigenvalue weighted by atomic mass is 9.83.